The van der Waals surface area contributed by atoms with Crippen LogP contribution in [0.15, 0.2) is 53.7 Å². The summed E-state index contributed by atoms with van der Waals surface area (Å²) in [6.45, 7) is 4.53. The highest BCUT2D eigenvalue weighted by molar-refractivity contribution is 7.99. The van der Waals surface area contributed by atoms with E-state index in [1.54, 1.807) is 6.20 Å². The van der Waals surface area contributed by atoms with Gasteiger partial charge >= 0.3 is 0 Å². The molecule has 1 aromatic heterocycles. The Kier molecular flexibility index (Phi) is 4.82. The van der Waals surface area contributed by atoms with Crippen molar-refractivity contribution < 1.29 is 0 Å². The Bertz CT molecular complexity index is 464. The summed E-state index contributed by atoms with van der Waals surface area (Å²) in [7, 11) is 0. The second kappa shape index (κ2) is 6.60. The van der Waals surface area contributed by atoms with Gasteiger partial charge in [-0.3, -0.25) is 4.98 Å². The first kappa shape index (κ1) is 13.2. The summed E-state index contributed by atoms with van der Waals surface area (Å²) in [5, 5.41) is 0.694. The smallest absolute Gasteiger partial charge is 0.0346 e. The van der Waals surface area contributed by atoms with Crippen LogP contribution < -0.4 is 0 Å². The minimum absolute atomic E-state index is 0.694. The molecule has 0 saturated carbocycles. The number of pyridine rings is 1. The van der Waals surface area contributed by atoms with Crippen LogP contribution in [-0.4, -0.2) is 10.2 Å². The average Bonchev–Trinajstić information content (AvgIpc) is 2.41. The molecule has 0 bridgehead atoms. The van der Waals surface area contributed by atoms with Crippen LogP contribution in [0, 0.1) is 0 Å². The van der Waals surface area contributed by atoms with Gasteiger partial charge in [-0.1, -0.05) is 38.5 Å². The molecule has 0 aliphatic carbocycles. The van der Waals surface area contributed by atoms with Crippen LogP contribution in [0.4, 0.5) is 0 Å². The molecule has 2 aromatic rings. The van der Waals surface area contributed by atoms with Crippen LogP contribution >= 0.6 is 11.8 Å². The molecule has 1 heterocycles. The molecule has 1 nitrogen and oxygen atoms in total. The summed E-state index contributed by atoms with van der Waals surface area (Å²) in [4.78, 5) is 5.50. The Labute approximate surface area is 114 Å². The predicted molar refractivity (Wildman–Crippen MR) is 79.9 cm³/mol. The fraction of sp³-hybridized carbons (Fsp3) is 0.312. The van der Waals surface area contributed by atoms with E-state index in [9.17, 15) is 0 Å². The van der Waals surface area contributed by atoms with Crippen LogP contribution in [0.3, 0.4) is 0 Å². The molecular formula is C16H19NS. The van der Waals surface area contributed by atoms with Crippen LogP contribution in [0.5, 0.6) is 0 Å². The van der Waals surface area contributed by atoms with Crippen LogP contribution in [-0.2, 0) is 0 Å². The van der Waals surface area contributed by atoms with Gasteiger partial charge in [0.05, 0.1) is 0 Å². The Morgan fingerprint density at radius 3 is 2.50 bits per heavy atom. The van der Waals surface area contributed by atoms with E-state index in [0.29, 0.717) is 5.25 Å². The van der Waals surface area contributed by atoms with Gasteiger partial charge < -0.3 is 0 Å². The molecule has 0 aliphatic heterocycles. The Hall–Kier alpha value is -1.28. The minimum atomic E-state index is 0.694. The van der Waals surface area contributed by atoms with Crippen molar-refractivity contribution >= 4 is 11.8 Å². The van der Waals surface area contributed by atoms with Gasteiger partial charge in [0.15, 0.2) is 0 Å². The van der Waals surface area contributed by atoms with Crippen LogP contribution in [0.1, 0.15) is 26.7 Å². The molecule has 0 saturated heterocycles. The van der Waals surface area contributed by atoms with Gasteiger partial charge in [-0.05, 0) is 35.7 Å². The third-order valence-corrected chi connectivity index (χ3v) is 4.06. The highest BCUT2D eigenvalue weighted by Crippen LogP contribution is 2.28. The van der Waals surface area contributed by atoms with Crippen molar-refractivity contribution in [3.63, 3.8) is 0 Å². The Morgan fingerprint density at radius 2 is 1.89 bits per heavy atom. The Morgan fingerprint density at radius 1 is 1.11 bits per heavy atom. The second-order valence-corrected chi connectivity index (χ2v) is 6.00. The molecule has 0 spiro atoms. The molecule has 0 amide bonds. The van der Waals surface area contributed by atoms with E-state index in [4.69, 9.17) is 0 Å². The summed E-state index contributed by atoms with van der Waals surface area (Å²) in [5.41, 5.74) is 2.41. The van der Waals surface area contributed by atoms with Crippen molar-refractivity contribution in [2.45, 2.75) is 36.8 Å². The molecule has 94 valence electrons. The summed E-state index contributed by atoms with van der Waals surface area (Å²) in [5.74, 6) is 0. The summed E-state index contributed by atoms with van der Waals surface area (Å²) >= 11 is 1.96. The molecule has 1 atom stereocenters. The van der Waals surface area contributed by atoms with Gasteiger partial charge in [-0.2, -0.15) is 0 Å². The van der Waals surface area contributed by atoms with Gasteiger partial charge in [-0.15, -0.1) is 11.8 Å². The molecule has 0 N–H and O–H groups in total. The highest BCUT2D eigenvalue weighted by atomic mass is 32.2. The van der Waals surface area contributed by atoms with Gasteiger partial charge in [0, 0.05) is 22.5 Å². The summed E-state index contributed by atoms with van der Waals surface area (Å²) < 4.78 is 0. The lowest BCUT2D eigenvalue weighted by molar-refractivity contribution is 0.787. The van der Waals surface area contributed by atoms with E-state index in [-0.39, 0.29) is 0 Å². The number of aromatic nitrogens is 1. The van der Waals surface area contributed by atoms with Gasteiger partial charge in [0.2, 0.25) is 0 Å². The fourth-order valence-corrected chi connectivity index (χ4v) is 3.07. The summed E-state index contributed by atoms with van der Waals surface area (Å²) in [6.07, 6.45) is 6.24. The number of nitrogens with zero attached hydrogens (tertiary/aromatic N) is 1. The zero-order valence-corrected chi connectivity index (χ0v) is 11.8. The zero-order valence-electron chi connectivity index (χ0n) is 11.0. The molecule has 0 radical (unpaired) electrons. The van der Waals surface area contributed by atoms with E-state index in [0.717, 1.165) is 0 Å². The molecule has 18 heavy (non-hydrogen) atoms. The molecule has 2 rings (SSSR count). The monoisotopic (exact) mass is 257 g/mol. The van der Waals surface area contributed by atoms with Crippen molar-refractivity contribution in [1.82, 2.24) is 4.98 Å². The maximum absolute atomic E-state index is 4.15. The Balaban J connectivity index is 2.06. The molecule has 1 aromatic carbocycles. The van der Waals surface area contributed by atoms with Crippen LogP contribution in [0.2, 0.25) is 0 Å². The zero-order chi connectivity index (χ0) is 12.8. The number of rotatable bonds is 5. The first-order valence-electron chi connectivity index (χ1n) is 6.46. The van der Waals surface area contributed by atoms with Crippen molar-refractivity contribution in [3.8, 4) is 11.1 Å². The first-order valence-corrected chi connectivity index (χ1v) is 7.34. The van der Waals surface area contributed by atoms with Gasteiger partial charge in [0.25, 0.3) is 0 Å². The van der Waals surface area contributed by atoms with E-state index in [1.807, 2.05) is 24.0 Å². The fourth-order valence-electron chi connectivity index (χ4n) is 1.96. The quantitative estimate of drug-likeness (QED) is 0.697. The van der Waals surface area contributed by atoms with Gasteiger partial charge in [0.1, 0.15) is 0 Å². The lowest BCUT2D eigenvalue weighted by Gasteiger charge is -2.10. The topological polar surface area (TPSA) is 12.9 Å². The van der Waals surface area contributed by atoms with E-state index < -0.39 is 0 Å². The average molecular weight is 257 g/mol. The van der Waals surface area contributed by atoms with E-state index in [1.165, 1.54) is 28.9 Å². The van der Waals surface area contributed by atoms with Crippen molar-refractivity contribution in [2.24, 2.45) is 0 Å². The highest BCUT2D eigenvalue weighted by Gasteiger charge is 2.03. The number of thioether (sulfide) groups is 1. The molecule has 0 aliphatic rings. The van der Waals surface area contributed by atoms with Crippen LogP contribution in [0.25, 0.3) is 11.1 Å². The lowest BCUT2D eigenvalue weighted by atomic mass is 10.1. The van der Waals surface area contributed by atoms with Crippen molar-refractivity contribution in [2.75, 3.05) is 0 Å². The maximum atomic E-state index is 4.15. The molecule has 0 unspecified atom stereocenters. The third-order valence-electron chi connectivity index (χ3n) is 2.88. The first-order chi connectivity index (χ1) is 8.79. The standard InChI is InChI=1S/C16H19NS/c1-3-5-13(2)18-16-9-7-14(8-10-16)15-6-4-11-17-12-15/h4,6-13H,3,5H2,1-2H3/t13-/m0/s1. The maximum Gasteiger partial charge on any atom is 0.0346 e. The minimum Gasteiger partial charge on any atom is -0.264 e. The largest absolute Gasteiger partial charge is 0.264 e. The van der Waals surface area contributed by atoms with Crippen molar-refractivity contribution in [1.29, 1.82) is 0 Å². The number of hydrogen-bond acceptors (Lipinski definition) is 2. The van der Waals surface area contributed by atoms with E-state index >= 15 is 0 Å². The third kappa shape index (κ3) is 3.61. The normalized spacial score (nSPS) is 12.3. The number of hydrogen-bond donors (Lipinski definition) is 0. The second-order valence-electron chi connectivity index (χ2n) is 4.48. The molecule has 0 fully saturated rings. The lowest BCUT2D eigenvalue weighted by Crippen LogP contribution is -1.93. The molecule has 2 heteroatoms. The molecular weight excluding hydrogens is 238 g/mol. The summed E-state index contributed by atoms with van der Waals surface area (Å²) in [6, 6.07) is 12.8. The predicted octanol–water partition coefficient (Wildman–Crippen LogP) is 5.03. The van der Waals surface area contributed by atoms with Gasteiger partial charge in [-0.25, -0.2) is 0 Å². The SMILES string of the molecule is CCC[C@H](C)Sc1ccc(-c2cccnc2)cc1. The van der Waals surface area contributed by atoms with Crippen molar-refractivity contribution in [3.05, 3.63) is 48.8 Å². The number of benzene rings is 1. The van der Waals surface area contributed by atoms with E-state index in [2.05, 4.69) is 49.2 Å².